The van der Waals surface area contributed by atoms with Crippen molar-refractivity contribution < 1.29 is 9.59 Å². The van der Waals surface area contributed by atoms with Crippen LogP contribution in [0.5, 0.6) is 0 Å². The highest BCUT2D eigenvalue weighted by atomic mass is 16.2. The average molecular weight is 384 g/mol. The lowest BCUT2D eigenvalue weighted by Crippen LogP contribution is -2.43. The number of aryl methyl sites for hydroxylation is 1. The maximum atomic E-state index is 12.3. The van der Waals surface area contributed by atoms with Gasteiger partial charge in [0.2, 0.25) is 0 Å². The van der Waals surface area contributed by atoms with Crippen LogP contribution in [0.4, 0.5) is 15.3 Å². The number of amides is 4. The summed E-state index contributed by atoms with van der Waals surface area (Å²) in [6.45, 7) is 7.43. The normalized spacial score (nSPS) is 16.7. The molecule has 1 atom stereocenters. The van der Waals surface area contributed by atoms with Gasteiger partial charge in [0.15, 0.2) is 0 Å². The number of nitrogens with one attached hydrogen (secondary N) is 4. The van der Waals surface area contributed by atoms with Gasteiger partial charge in [0.1, 0.15) is 0 Å². The number of aromatic nitrogens is 1. The molecule has 150 valence electrons. The van der Waals surface area contributed by atoms with Gasteiger partial charge in [0, 0.05) is 49.8 Å². The fourth-order valence-electron chi connectivity index (χ4n) is 3.46. The quantitative estimate of drug-likeness (QED) is 0.613. The third kappa shape index (κ3) is 5.32. The van der Waals surface area contributed by atoms with Crippen molar-refractivity contribution in [1.82, 2.24) is 25.8 Å². The van der Waals surface area contributed by atoms with Gasteiger partial charge in [-0.05, 0) is 32.4 Å². The summed E-state index contributed by atoms with van der Waals surface area (Å²) in [5, 5.41) is 12.5. The summed E-state index contributed by atoms with van der Waals surface area (Å²) in [6.07, 6.45) is 0.922. The van der Waals surface area contributed by atoms with Crippen molar-refractivity contribution in [2.75, 3.05) is 38.0 Å². The number of hydrogen-bond acceptors (Lipinski definition) is 4. The second-order valence-corrected chi connectivity index (χ2v) is 7.00. The molecule has 1 aromatic heterocycles. The third-order valence-corrected chi connectivity index (χ3v) is 4.75. The summed E-state index contributed by atoms with van der Waals surface area (Å²) in [7, 11) is 0. The molecule has 2 heterocycles. The minimum absolute atomic E-state index is 0.119. The number of carbonyl (C=O) groups is 2. The lowest BCUT2D eigenvalue weighted by atomic mass is 10.1. The SMILES string of the molecule is CCNC(=O)NC1CCN(CCNC(=O)Nc2cc(C)nc3ccccc23)C1. The molecule has 4 amide bonds. The maximum absolute atomic E-state index is 12.3. The molecule has 0 saturated carbocycles. The van der Waals surface area contributed by atoms with Gasteiger partial charge in [-0.15, -0.1) is 0 Å². The summed E-state index contributed by atoms with van der Waals surface area (Å²) in [5.74, 6) is 0. The summed E-state index contributed by atoms with van der Waals surface area (Å²) >= 11 is 0. The molecule has 28 heavy (non-hydrogen) atoms. The highest BCUT2D eigenvalue weighted by molar-refractivity contribution is 6.00. The maximum Gasteiger partial charge on any atom is 0.319 e. The second-order valence-electron chi connectivity index (χ2n) is 7.00. The van der Waals surface area contributed by atoms with Gasteiger partial charge in [0.05, 0.1) is 11.2 Å². The number of para-hydroxylation sites is 1. The molecule has 1 aliphatic rings. The van der Waals surface area contributed by atoms with E-state index in [-0.39, 0.29) is 18.1 Å². The number of nitrogens with zero attached hydrogens (tertiary/aromatic N) is 2. The van der Waals surface area contributed by atoms with Crippen molar-refractivity contribution in [3.63, 3.8) is 0 Å². The second kappa shape index (κ2) is 9.36. The molecule has 0 aliphatic carbocycles. The number of hydrogen-bond donors (Lipinski definition) is 4. The van der Waals surface area contributed by atoms with Gasteiger partial charge in [-0.1, -0.05) is 18.2 Å². The van der Waals surface area contributed by atoms with Crippen molar-refractivity contribution in [1.29, 1.82) is 0 Å². The summed E-state index contributed by atoms with van der Waals surface area (Å²) in [4.78, 5) is 30.6. The fraction of sp³-hybridized carbons (Fsp3) is 0.450. The zero-order valence-corrected chi connectivity index (χ0v) is 16.4. The van der Waals surface area contributed by atoms with Crippen molar-refractivity contribution in [2.24, 2.45) is 0 Å². The van der Waals surface area contributed by atoms with Crippen LogP contribution in [0.2, 0.25) is 0 Å². The van der Waals surface area contributed by atoms with Gasteiger partial charge in [-0.3, -0.25) is 9.88 Å². The van der Waals surface area contributed by atoms with Gasteiger partial charge < -0.3 is 21.3 Å². The smallest absolute Gasteiger partial charge is 0.319 e. The monoisotopic (exact) mass is 384 g/mol. The Labute approximate surface area is 165 Å². The Kier molecular flexibility index (Phi) is 6.65. The number of rotatable bonds is 6. The number of carbonyl (C=O) groups excluding carboxylic acids is 2. The van der Waals surface area contributed by atoms with Crippen LogP contribution < -0.4 is 21.3 Å². The molecule has 1 unspecified atom stereocenters. The zero-order chi connectivity index (χ0) is 19.9. The van der Waals surface area contributed by atoms with Crippen LogP contribution in [-0.2, 0) is 0 Å². The number of fused-ring (bicyclic) bond motifs is 1. The van der Waals surface area contributed by atoms with Gasteiger partial charge in [-0.25, -0.2) is 9.59 Å². The first kappa shape index (κ1) is 19.9. The average Bonchev–Trinajstić information content (AvgIpc) is 3.09. The van der Waals surface area contributed by atoms with Gasteiger partial charge in [-0.2, -0.15) is 0 Å². The molecule has 1 fully saturated rings. The molecule has 0 bridgehead atoms. The van der Waals surface area contributed by atoms with Crippen molar-refractivity contribution in [2.45, 2.75) is 26.3 Å². The molecule has 1 saturated heterocycles. The molecule has 0 spiro atoms. The fourth-order valence-corrected chi connectivity index (χ4v) is 3.46. The number of anilines is 1. The van der Waals surface area contributed by atoms with E-state index >= 15 is 0 Å². The molecular formula is C20H28N6O2. The first-order valence-corrected chi connectivity index (χ1v) is 9.73. The minimum atomic E-state index is -0.230. The predicted molar refractivity (Wildman–Crippen MR) is 111 cm³/mol. The van der Waals surface area contributed by atoms with Crippen LogP contribution >= 0.6 is 0 Å². The van der Waals surface area contributed by atoms with E-state index in [0.29, 0.717) is 13.1 Å². The molecule has 2 aromatic rings. The first-order chi connectivity index (χ1) is 13.5. The van der Waals surface area contributed by atoms with Crippen LogP contribution in [0.1, 0.15) is 19.0 Å². The van der Waals surface area contributed by atoms with Crippen LogP contribution in [0, 0.1) is 6.92 Å². The van der Waals surface area contributed by atoms with Crippen LogP contribution in [-0.4, -0.2) is 60.7 Å². The standard InChI is InChI=1S/C20H28N6O2/c1-3-21-19(27)24-15-8-10-26(13-15)11-9-22-20(28)25-18-12-14(2)23-17-7-5-4-6-16(17)18/h4-7,12,15H,3,8-11,13H2,1-2H3,(H2,21,24,27)(H2,22,23,25,28). The van der Waals surface area contributed by atoms with E-state index in [0.717, 1.165) is 48.3 Å². The predicted octanol–water partition coefficient (Wildman–Crippen LogP) is 2.06. The number of benzene rings is 1. The molecule has 8 nitrogen and oxygen atoms in total. The molecule has 3 rings (SSSR count). The lowest BCUT2D eigenvalue weighted by molar-refractivity contribution is 0.236. The molecular weight excluding hydrogens is 356 g/mol. The topological polar surface area (TPSA) is 98.4 Å². The Balaban J connectivity index is 1.44. The molecule has 1 aliphatic heterocycles. The number of likely N-dealkylation sites (tertiary alicyclic amines) is 1. The van der Waals surface area contributed by atoms with Crippen molar-refractivity contribution in [3.05, 3.63) is 36.0 Å². The lowest BCUT2D eigenvalue weighted by Gasteiger charge is -2.17. The largest absolute Gasteiger partial charge is 0.338 e. The molecule has 1 aromatic carbocycles. The van der Waals surface area contributed by atoms with E-state index < -0.39 is 0 Å². The Morgan fingerprint density at radius 2 is 2.04 bits per heavy atom. The first-order valence-electron chi connectivity index (χ1n) is 9.73. The molecule has 8 heteroatoms. The van der Waals surface area contributed by atoms with E-state index in [4.69, 9.17) is 0 Å². The Bertz CT molecular complexity index is 841. The van der Waals surface area contributed by atoms with E-state index in [9.17, 15) is 9.59 Å². The zero-order valence-electron chi connectivity index (χ0n) is 16.4. The number of urea groups is 2. The molecule has 0 radical (unpaired) electrons. The van der Waals surface area contributed by atoms with E-state index in [1.807, 2.05) is 44.2 Å². The van der Waals surface area contributed by atoms with Crippen LogP contribution in [0.25, 0.3) is 10.9 Å². The number of pyridine rings is 1. The summed E-state index contributed by atoms with van der Waals surface area (Å²) < 4.78 is 0. The van der Waals surface area contributed by atoms with E-state index in [2.05, 4.69) is 31.2 Å². The Morgan fingerprint density at radius 1 is 1.21 bits per heavy atom. The van der Waals surface area contributed by atoms with Crippen LogP contribution in [0.3, 0.4) is 0 Å². The summed E-state index contributed by atoms with van der Waals surface area (Å²) in [6, 6.07) is 9.43. The van der Waals surface area contributed by atoms with Gasteiger partial charge in [0.25, 0.3) is 0 Å². The highest BCUT2D eigenvalue weighted by Crippen LogP contribution is 2.22. The Morgan fingerprint density at radius 3 is 2.86 bits per heavy atom. The van der Waals surface area contributed by atoms with E-state index in [1.165, 1.54) is 0 Å². The van der Waals surface area contributed by atoms with Crippen molar-refractivity contribution >= 4 is 28.7 Å². The highest BCUT2D eigenvalue weighted by Gasteiger charge is 2.23. The van der Waals surface area contributed by atoms with Gasteiger partial charge >= 0.3 is 12.1 Å². The Hall–Kier alpha value is -2.87. The van der Waals surface area contributed by atoms with Crippen LogP contribution in [0.15, 0.2) is 30.3 Å². The van der Waals surface area contributed by atoms with Crippen molar-refractivity contribution in [3.8, 4) is 0 Å². The van der Waals surface area contributed by atoms with E-state index in [1.54, 1.807) is 0 Å². The third-order valence-electron chi connectivity index (χ3n) is 4.75. The summed E-state index contributed by atoms with van der Waals surface area (Å²) in [5.41, 5.74) is 2.48. The minimum Gasteiger partial charge on any atom is -0.338 e. The molecule has 4 N–H and O–H groups in total.